The Labute approximate surface area is 152 Å². The van der Waals surface area contributed by atoms with E-state index in [1.807, 2.05) is 0 Å². The van der Waals surface area contributed by atoms with E-state index in [2.05, 4.69) is 20.8 Å². The molecule has 0 aromatic heterocycles. The first kappa shape index (κ1) is 20.8. The Morgan fingerprint density at radius 2 is 1.24 bits per heavy atom. The Balaban J connectivity index is 2.41. The van der Waals surface area contributed by atoms with Crippen molar-refractivity contribution in [2.75, 3.05) is 11.5 Å². The van der Waals surface area contributed by atoms with Crippen LogP contribution in [0.25, 0.3) is 0 Å². The van der Waals surface area contributed by atoms with E-state index in [4.69, 9.17) is 0 Å². The van der Waals surface area contributed by atoms with Crippen molar-refractivity contribution >= 4 is 23.5 Å². The highest BCUT2D eigenvalue weighted by atomic mass is 32.2. The molecule has 0 radical (unpaired) electrons. The van der Waals surface area contributed by atoms with Crippen molar-refractivity contribution in [2.45, 2.75) is 44.1 Å². The first-order chi connectivity index (χ1) is 11.1. The molecule has 1 aliphatic heterocycles. The molecular formula is C17H20F6S2. The summed E-state index contributed by atoms with van der Waals surface area (Å²) in [5.41, 5.74) is -2.39. The second-order valence-electron chi connectivity index (χ2n) is 7.43. The fourth-order valence-electron chi connectivity index (χ4n) is 2.49. The predicted octanol–water partition coefficient (Wildman–Crippen LogP) is 7.04. The number of benzene rings is 1. The van der Waals surface area contributed by atoms with Crippen LogP contribution in [-0.2, 0) is 16.4 Å². The molecule has 1 saturated heterocycles. The third kappa shape index (κ3) is 4.81. The van der Waals surface area contributed by atoms with Gasteiger partial charge in [0, 0.05) is 0 Å². The Bertz CT molecular complexity index is 587. The number of halogens is 6. The smallest absolute Gasteiger partial charge is 0.166 e. The summed E-state index contributed by atoms with van der Waals surface area (Å²) in [5, 5.41) is 0. The van der Waals surface area contributed by atoms with Crippen LogP contribution in [0.3, 0.4) is 0 Å². The zero-order chi connectivity index (χ0) is 19.3. The van der Waals surface area contributed by atoms with Crippen molar-refractivity contribution in [1.29, 1.82) is 0 Å². The van der Waals surface area contributed by atoms with Crippen LogP contribution in [0.15, 0.2) is 18.2 Å². The van der Waals surface area contributed by atoms with Crippen molar-refractivity contribution < 1.29 is 26.3 Å². The van der Waals surface area contributed by atoms with E-state index < -0.39 is 27.6 Å². The molecule has 25 heavy (non-hydrogen) atoms. The van der Waals surface area contributed by atoms with Crippen LogP contribution >= 0.6 is 23.5 Å². The predicted molar refractivity (Wildman–Crippen MR) is 91.7 cm³/mol. The summed E-state index contributed by atoms with van der Waals surface area (Å²) in [6.07, 6.45) is -9.63. The summed E-state index contributed by atoms with van der Waals surface area (Å²) in [5.74, 6) is 1.75. The molecule has 8 heteroatoms. The van der Waals surface area contributed by atoms with Crippen molar-refractivity contribution in [2.24, 2.45) is 11.3 Å². The molecule has 0 amide bonds. The molecule has 0 nitrogen and oxygen atoms in total. The van der Waals surface area contributed by atoms with Crippen LogP contribution in [0.1, 0.15) is 44.4 Å². The molecule has 1 aliphatic rings. The SMILES string of the molecule is CC(C)(C)[C@H]1CS[C@](C)(c2cc(C(F)(F)F)cc(C(F)(F)F)c2)SC1. The molecule has 0 saturated carbocycles. The Kier molecular flexibility index (Phi) is 5.48. The lowest BCUT2D eigenvalue weighted by Crippen LogP contribution is -2.33. The van der Waals surface area contributed by atoms with Crippen LogP contribution in [0, 0.1) is 11.3 Å². The quantitative estimate of drug-likeness (QED) is 0.462. The van der Waals surface area contributed by atoms with Crippen molar-refractivity contribution in [3.63, 3.8) is 0 Å². The second kappa shape index (κ2) is 6.59. The average Bonchev–Trinajstić information content (AvgIpc) is 2.44. The molecule has 0 N–H and O–H groups in total. The summed E-state index contributed by atoms with van der Waals surface area (Å²) in [4.78, 5) is 0. The highest BCUT2D eigenvalue weighted by Gasteiger charge is 2.42. The van der Waals surface area contributed by atoms with Gasteiger partial charge in [-0.3, -0.25) is 0 Å². The first-order valence-electron chi connectivity index (χ1n) is 7.71. The number of alkyl halides is 6. The Hall–Kier alpha value is -0.500. The minimum absolute atomic E-state index is 0.0479. The zero-order valence-corrected chi connectivity index (χ0v) is 15.9. The fraction of sp³-hybridized carbons (Fsp3) is 0.647. The van der Waals surface area contributed by atoms with Gasteiger partial charge < -0.3 is 0 Å². The molecular weight excluding hydrogens is 382 g/mol. The zero-order valence-electron chi connectivity index (χ0n) is 14.3. The molecule has 2 rings (SSSR count). The minimum atomic E-state index is -4.82. The third-order valence-electron chi connectivity index (χ3n) is 4.46. The van der Waals surface area contributed by atoms with Gasteiger partial charge in [-0.1, -0.05) is 20.8 Å². The van der Waals surface area contributed by atoms with Crippen molar-refractivity contribution in [1.82, 2.24) is 0 Å². The molecule has 1 aromatic rings. The maximum absolute atomic E-state index is 13.1. The summed E-state index contributed by atoms with van der Waals surface area (Å²) in [7, 11) is 0. The molecule has 0 aliphatic carbocycles. The van der Waals surface area contributed by atoms with Gasteiger partial charge in [0.15, 0.2) is 0 Å². The Morgan fingerprint density at radius 3 is 1.56 bits per heavy atom. The average molecular weight is 402 g/mol. The molecule has 1 fully saturated rings. The van der Waals surface area contributed by atoms with Gasteiger partial charge in [-0.05, 0) is 53.5 Å². The molecule has 1 aromatic carbocycles. The van der Waals surface area contributed by atoms with Gasteiger partial charge in [0.2, 0.25) is 0 Å². The molecule has 0 bridgehead atoms. The highest BCUT2D eigenvalue weighted by molar-refractivity contribution is 8.18. The van der Waals surface area contributed by atoms with E-state index in [0.717, 1.165) is 12.1 Å². The minimum Gasteiger partial charge on any atom is -0.166 e. The number of thioether (sulfide) groups is 2. The maximum Gasteiger partial charge on any atom is 0.416 e. The second-order valence-corrected chi connectivity index (χ2v) is 10.6. The monoisotopic (exact) mass is 402 g/mol. The van der Waals surface area contributed by atoms with E-state index in [-0.39, 0.29) is 17.0 Å². The van der Waals surface area contributed by atoms with E-state index in [1.54, 1.807) is 6.92 Å². The third-order valence-corrected chi connectivity index (χ3v) is 7.87. The first-order valence-corrected chi connectivity index (χ1v) is 9.68. The summed E-state index contributed by atoms with van der Waals surface area (Å²) < 4.78 is 77.6. The van der Waals surface area contributed by atoms with E-state index in [1.165, 1.54) is 23.5 Å². The van der Waals surface area contributed by atoms with E-state index in [9.17, 15) is 26.3 Å². The lowest BCUT2D eigenvalue weighted by Gasteiger charge is -2.41. The van der Waals surface area contributed by atoms with Gasteiger partial charge in [0.1, 0.15) is 0 Å². The topological polar surface area (TPSA) is 0 Å². The van der Waals surface area contributed by atoms with Crippen molar-refractivity contribution in [3.8, 4) is 0 Å². The molecule has 142 valence electrons. The van der Waals surface area contributed by atoms with Crippen molar-refractivity contribution in [3.05, 3.63) is 34.9 Å². The summed E-state index contributed by atoms with van der Waals surface area (Å²) in [6.45, 7) is 7.98. The highest BCUT2D eigenvalue weighted by Crippen LogP contribution is 2.55. The van der Waals surface area contributed by atoms with Crippen LogP contribution in [0.2, 0.25) is 0 Å². The Morgan fingerprint density at radius 1 is 0.840 bits per heavy atom. The van der Waals surface area contributed by atoms with Gasteiger partial charge in [0.05, 0.1) is 15.2 Å². The van der Waals surface area contributed by atoms with Gasteiger partial charge in [0.25, 0.3) is 0 Å². The van der Waals surface area contributed by atoms with Crippen LogP contribution in [0.5, 0.6) is 0 Å². The largest absolute Gasteiger partial charge is 0.416 e. The normalized spacial score (nSPS) is 25.9. The summed E-state index contributed by atoms with van der Waals surface area (Å²) >= 11 is 2.84. The molecule has 0 atom stereocenters. The van der Waals surface area contributed by atoms with Crippen LogP contribution in [-0.4, -0.2) is 11.5 Å². The van der Waals surface area contributed by atoms with Gasteiger partial charge in [-0.2, -0.15) is 26.3 Å². The number of rotatable bonds is 1. The van der Waals surface area contributed by atoms with Gasteiger partial charge in [-0.25, -0.2) is 0 Å². The molecule has 0 spiro atoms. The lowest BCUT2D eigenvalue weighted by molar-refractivity contribution is -0.143. The van der Waals surface area contributed by atoms with Gasteiger partial charge >= 0.3 is 12.4 Å². The lowest BCUT2D eigenvalue weighted by atomic mass is 9.83. The van der Waals surface area contributed by atoms with Gasteiger partial charge in [-0.15, -0.1) is 23.5 Å². The fourth-order valence-corrected chi connectivity index (χ4v) is 6.23. The van der Waals surface area contributed by atoms with E-state index in [0.29, 0.717) is 17.4 Å². The summed E-state index contributed by atoms with van der Waals surface area (Å²) in [6, 6.07) is 1.89. The van der Waals surface area contributed by atoms with Crippen LogP contribution in [0.4, 0.5) is 26.3 Å². The maximum atomic E-state index is 13.1. The number of hydrogen-bond acceptors (Lipinski definition) is 2. The molecule has 1 heterocycles. The standard InChI is InChI=1S/C17H20F6S2/c1-14(2,3)13-8-24-15(4,25-9-13)10-5-11(16(18,19)20)7-12(6-10)17(21,22)23/h5-7,13H,8-9H2,1-4H3/t13-,15-. The van der Waals surface area contributed by atoms with Crippen LogP contribution < -0.4 is 0 Å². The van der Waals surface area contributed by atoms with E-state index >= 15 is 0 Å². The number of hydrogen-bond donors (Lipinski definition) is 0. The molecule has 0 unspecified atom stereocenters.